The number of thiophene rings is 1. The molecular weight excluding hydrogens is 317 g/mol. The van der Waals surface area contributed by atoms with Crippen molar-refractivity contribution in [1.29, 1.82) is 0 Å². The number of rotatable bonds is 3. The van der Waals surface area contributed by atoms with E-state index in [1.54, 1.807) is 17.0 Å². The second-order valence-corrected chi connectivity index (χ2v) is 6.85. The second kappa shape index (κ2) is 6.66. The monoisotopic (exact) mass is 335 g/mol. The third kappa shape index (κ3) is 3.37. The Morgan fingerprint density at radius 1 is 1.39 bits per heavy atom. The van der Waals surface area contributed by atoms with E-state index in [0.717, 1.165) is 19.3 Å². The number of ether oxygens (including phenoxy) is 1. The molecule has 2 heterocycles. The van der Waals surface area contributed by atoms with E-state index in [4.69, 9.17) is 4.74 Å². The lowest BCUT2D eigenvalue weighted by Crippen LogP contribution is -2.44. The number of hydrogen-bond donors (Lipinski definition) is 0. The van der Waals surface area contributed by atoms with Gasteiger partial charge in [0.1, 0.15) is 10.7 Å². The predicted octanol–water partition coefficient (Wildman–Crippen LogP) is 3.60. The maximum atomic E-state index is 13.7. The number of piperidine rings is 1. The van der Waals surface area contributed by atoms with Gasteiger partial charge in [0.25, 0.3) is 5.91 Å². The molecule has 122 valence electrons. The van der Waals surface area contributed by atoms with Gasteiger partial charge >= 0.3 is 5.97 Å². The molecule has 1 atom stereocenters. The lowest BCUT2D eigenvalue weighted by atomic mass is 10.0. The van der Waals surface area contributed by atoms with Gasteiger partial charge < -0.3 is 9.64 Å². The molecule has 23 heavy (non-hydrogen) atoms. The van der Waals surface area contributed by atoms with E-state index >= 15 is 0 Å². The minimum absolute atomic E-state index is 0.169. The van der Waals surface area contributed by atoms with Gasteiger partial charge in [0, 0.05) is 22.7 Å². The van der Waals surface area contributed by atoms with Crippen molar-refractivity contribution in [2.75, 3.05) is 13.2 Å². The summed E-state index contributed by atoms with van der Waals surface area (Å²) in [4.78, 5) is 26.3. The fourth-order valence-corrected chi connectivity index (χ4v) is 3.84. The molecule has 4 nitrogen and oxygen atoms in total. The minimum atomic E-state index is -0.580. The summed E-state index contributed by atoms with van der Waals surface area (Å²) in [6, 6.07) is 6.37. The summed E-state index contributed by atoms with van der Waals surface area (Å²) in [5.74, 6) is -1.11. The van der Waals surface area contributed by atoms with Crippen LogP contribution in [0.4, 0.5) is 4.39 Å². The first-order valence-corrected chi connectivity index (χ1v) is 8.52. The molecule has 2 aromatic rings. The van der Waals surface area contributed by atoms with Crippen LogP contribution in [0.2, 0.25) is 0 Å². The fraction of sp³-hybridized carbons (Fsp3) is 0.412. The molecule has 0 radical (unpaired) electrons. The highest BCUT2D eigenvalue weighted by Gasteiger charge is 2.24. The van der Waals surface area contributed by atoms with Crippen LogP contribution in [-0.4, -0.2) is 36.0 Å². The van der Waals surface area contributed by atoms with Gasteiger partial charge in [0.05, 0.1) is 0 Å². The summed E-state index contributed by atoms with van der Waals surface area (Å²) in [5.41, 5.74) is 0. The number of hydrogen-bond acceptors (Lipinski definition) is 4. The number of likely N-dealkylation sites (tertiary alicyclic amines) is 1. The Morgan fingerprint density at radius 3 is 2.96 bits per heavy atom. The van der Waals surface area contributed by atoms with Crippen LogP contribution in [0.1, 0.15) is 35.9 Å². The van der Waals surface area contributed by atoms with Gasteiger partial charge in [-0.05, 0) is 44.4 Å². The Hall–Kier alpha value is -1.95. The van der Waals surface area contributed by atoms with E-state index in [2.05, 4.69) is 0 Å². The number of esters is 1. The van der Waals surface area contributed by atoms with Crippen LogP contribution in [0.25, 0.3) is 10.1 Å². The van der Waals surface area contributed by atoms with E-state index in [1.165, 1.54) is 23.5 Å². The number of carbonyl (C=O) groups excluding carboxylic acids is 2. The molecule has 0 bridgehead atoms. The summed E-state index contributed by atoms with van der Waals surface area (Å²) in [7, 11) is 0. The van der Waals surface area contributed by atoms with Crippen molar-refractivity contribution in [3.63, 3.8) is 0 Å². The zero-order valence-electron chi connectivity index (χ0n) is 12.9. The normalized spacial score (nSPS) is 18.2. The first kappa shape index (κ1) is 15.9. The summed E-state index contributed by atoms with van der Waals surface area (Å²) >= 11 is 1.17. The van der Waals surface area contributed by atoms with Gasteiger partial charge in [-0.1, -0.05) is 6.07 Å². The van der Waals surface area contributed by atoms with E-state index in [9.17, 15) is 14.0 Å². The molecule has 1 fully saturated rings. The van der Waals surface area contributed by atoms with Crippen LogP contribution in [0.5, 0.6) is 0 Å². The van der Waals surface area contributed by atoms with Crippen molar-refractivity contribution in [1.82, 2.24) is 4.90 Å². The maximum absolute atomic E-state index is 13.7. The van der Waals surface area contributed by atoms with E-state index in [0.29, 0.717) is 21.5 Å². The van der Waals surface area contributed by atoms with E-state index in [1.807, 2.05) is 6.92 Å². The molecule has 1 saturated heterocycles. The Kier molecular flexibility index (Phi) is 4.61. The predicted molar refractivity (Wildman–Crippen MR) is 87.1 cm³/mol. The molecular formula is C17H18FNO3S. The fourth-order valence-electron chi connectivity index (χ4n) is 2.88. The summed E-state index contributed by atoms with van der Waals surface area (Å²) in [6.07, 6.45) is 3.09. The molecule has 1 aliphatic rings. The van der Waals surface area contributed by atoms with Gasteiger partial charge in [0.15, 0.2) is 6.61 Å². The average Bonchev–Trinajstić information content (AvgIpc) is 2.98. The third-order valence-corrected chi connectivity index (χ3v) is 5.24. The highest BCUT2D eigenvalue weighted by molar-refractivity contribution is 7.20. The molecule has 1 aromatic carbocycles. The van der Waals surface area contributed by atoms with Crippen LogP contribution >= 0.6 is 11.3 Å². The number of nitrogens with zero attached hydrogens (tertiary/aromatic N) is 1. The van der Waals surface area contributed by atoms with Crippen molar-refractivity contribution >= 4 is 33.3 Å². The molecule has 0 spiro atoms. The lowest BCUT2D eigenvalue weighted by Gasteiger charge is -2.33. The van der Waals surface area contributed by atoms with Gasteiger partial charge in [-0.3, -0.25) is 4.79 Å². The van der Waals surface area contributed by atoms with Crippen LogP contribution in [0.3, 0.4) is 0 Å². The number of carbonyl (C=O) groups is 2. The minimum Gasteiger partial charge on any atom is -0.451 e. The molecule has 1 aliphatic heterocycles. The molecule has 6 heteroatoms. The lowest BCUT2D eigenvalue weighted by molar-refractivity contribution is -0.137. The number of amides is 1. The Balaban J connectivity index is 1.64. The Labute approximate surface area is 137 Å². The second-order valence-electron chi connectivity index (χ2n) is 5.77. The SMILES string of the molecule is C[C@@H]1CCCCN1C(=O)COC(=O)c1cc2c(F)cccc2s1. The average molecular weight is 335 g/mol. The largest absolute Gasteiger partial charge is 0.451 e. The molecule has 0 saturated carbocycles. The van der Waals surface area contributed by atoms with Crippen molar-refractivity contribution in [3.05, 3.63) is 35.0 Å². The molecule has 0 N–H and O–H groups in total. The summed E-state index contributed by atoms with van der Waals surface area (Å²) in [5, 5.41) is 0.403. The van der Waals surface area contributed by atoms with Crippen molar-refractivity contribution in [2.24, 2.45) is 0 Å². The number of benzene rings is 1. The highest BCUT2D eigenvalue weighted by Crippen LogP contribution is 2.28. The van der Waals surface area contributed by atoms with Crippen LogP contribution < -0.4 is 0 Å². The highest BCUT2D eigenvalue weighted by atomic mass is 32.1. The quantitative estimate of drug-likeness (QED) is 0.805. The van der Waals surface area contributed by atoms with Gasteiger partial charge in [0.2, 0.25) is 0 Å². The van der Waals surface area contributed by atoms with Gasteiger partial charge in [-0.25, -0.2) is 9.18 Å². The van der Waals surface area contributed by atoms with Crippen LogP contribution in [0, 0.1) is 5.82 Å². The van der Waals surface area contributed by atoms with E-state index in [-0.39, 0.29) is 24.4 Å². The van der Waals surface area contributed by atoms with Crippen LogP contribution in [-0.2, 0) is 9.53 Å². The Morgan fingerprint density at radius 2 is 2.22 bits per heavy atom. The van der Waals surface area contributed by atoms with Crippen molar-refractivity contribution in [3.8, 4) is 0 Å². The van der Waals surface area contributed by atoms with Gasteiger partial charge in [-0.2, -0.15) is 0 Å². The molecule has 3 rings (SSSR count). The molecule has 0 aliphatic carbocycles. The zero-order valence-corrected chi connectivity index (χ0v) is 13.7. The molecule has 1 aromatic heterocycles. The van der Waals surface area contributed by atoms with Crippen molar-refractivity contribution in [2.45, 2.75) is 32.2 Å². The topological polar surface area (TPSA) is 46.6 Å². The van der Waals surface area contributed by atoms with E-state index < -0.39 is 5.97 Å². The standard InChI is InChI=1S/C17H18FNO3S/c1-11-5-2-3-8-19(11)16(20)10-22-17(21)15-9-12-13(18)6-4-7-14(12)23-15/h4,6-7,9,11H,2-3,5,8,10H2,1H3/t11-/m1/s1. The maximum Gasteiger partial charge on any atom is 0.348 e. The number of fused-ring (bicyclic) bond motifs is 1. The smallest absolute Gasteiger partial charge is 0.348 e. The first-order valence-electron chi connectivity index (χ1n) is 7.71. The Bertz CT molecular complexity index is 743. The third-order valence-electron chi connectivity index (χ3n) is 4.16. The van der Waals surface area contributed by atoms with Gasteiger partial charge in [-0.15, -0.1) is 11.3 Å². The van der Waals surface area contributed by atoms with Crippen LogP contribution in [0.15, 0.2) is 24.3 Å². The zero-order chi connectivity index (χ0) is 16.4. The number of halogens is 1. The summed E-state index contributed by atoms with van der Waals surface area (Å²) < 4.78 is 19.5. The summed E-state index contributed by atoms with van der Waals surface area (Å²) in [6.45, 7) is 2.46. The first-order chi connectivity index (χ1) is 11.1. The van der Waals surface area contributed by atoms with Crippen molar-refractivity contribution < 1.29 is 18.7 Å². The molecule has 0 unspecified atom stereocenters. The molecule has 1 amide bonds.